The highest BCUT2D eigenvalue weighted by molar-refractivity contribution is 6.30. The number of rotatable bonds is 4. The molecule has 0 saturated carbocycles. The smallest absolute Gasteiger partial charge is 0.221 e. The van der Waals surface area contributed by atoms with Crippen LogP contribution in [0.15, 0.2) is 0 Å². The first-order valence-corrected chi connectivity index (χ1v) is 5.93. The van der Waals surface area contributed by atoms with E-state index in [0.717, 1.165) is 5.56 Å². The normalized spacial score (nSPS) is 12.0. The fourth-order valence-corrected chi connectivity index (χ4v) is 1.29. The van der Waals surface area contributed by atoms with Gasteiger partial charge in [0.2, 0.25) is 5.88 Å². The van der Waals surface area contributed by atoms with Crippen molar-refractivity contribution in [3.8, 4) is 5.88 Å². The third-order valence-corrected chi connectivity index (χ3v) is 3.29. The highest BCUT2D eigenvalue weighted by atomic mass is 35.5. The zero-order valence-corrected chi connectivity index (χ0v) is 12.1. The number of likely N-dealkylation sites (N-methyl/N-ethyl adjacent to an activating group) is 1. The molecule has 1 rings (SSSR count). The van der Waals surface area contributed by atoms with Crippen molar-refractivity contribution in [2.24, 2.45) is 0 Å². The highest BCUT2D eigenvalue weighted by Crippen LogP contribution is 2.23. The molecule has 0 saturated heterocycles. The molecule has 1 heterocycles. The number of hydrogen-bond donors (Lipinski definition) is 0. The van der Waals surface area contributed by atoms with Gasteiger partial charge in [-0.2, -0.15) is 4.98 Å². The summed E-state index contributed by atoms with van der Waals surface area (Å²) < 4.78 is 5.75. The second kappa shape index (κ2) is 5.19. The van der Waals surface area contributed by atoms with Crippen molar-refractivity contribution in [3.63, 3.8) is 0 Å². The molecule has 0 fully saturated rings. The van der Waals surface area contributed by atoms with Crippen LogP contribution in [0.3, 0.4) is 0 Å². The van der Waals surface area contributed by atoms with Gasteiger partial charge in [-0.05, 0) is 41.8 Å². The molecule has 0 unspecified atom stereocenters. The van der Waals surface area contributed by atoms with Crippen molar-refractivity contribution in [2.75, 3.05) is 20.7 Å². The summed E-state index contributed by atoms with van der Waals surface area (Å²) in [6, 6.07) is 0. The Balaban J connectivity index is 2.83. The molecule has 0 amide bonds. The van der Waals surface area contributed by atoms with Crippen LogP contribution in [0.5, 0.6) is 5.88 Å². The number of aryl methyl sites for hydroxylation is 1. The van der Waals surface area contributed by atoms with E-state index in [9.17, 15) is 0 Å². The summed E-state index contributed by atoms with van der Waals surface area (Å²) in [5.41, 5.74) is 0.726. The largest absolute Gasteiger partial charge is 0.475 e. The fraction of sp³-hybridized carbons (Fsp3) is 0.667. The summed E-state index contributed by atoms with van der Waals surface area (Å²) >= 11 is 5.99. The van der Waals surface area contributed by atoms with Gasteiger partial charge in [0.05, 0.1) is 0 Å². The third kappa shape index (κ3) is 3.54. The lowest BCUT2D eigenvalue weighted by Gasteiger charge is -2.32. The second-order valence-corrected chi connectivity index (χ2v) is 5.35. The molecule has 1 aromatic heterocycles. The SMILES string of the molecule is Cc1nc(Cl)c(C)c(OCC(C)(C)N(C)C)n1. The van der Waals surface area contributed by atoms with Gasteiger partial charge in [0.25, 0.3) is 0 Å². The molecule has 0 bridgehead atoms. The first kappa shape index (κ1) is 14.2. The zero-order chi connectivity index (χ0) is 13.2. The molecule has 0 N–H and O–H groups in total. The summed E-state index contributed by atoms with van der Waals surface area (Å²) in [6.07, 6.45) is 0. The standard InChI is InChI=1S/C12H20ClN3O/c1-8-10(13)14-9(2)15-11(8)17-7-12(3,4)16(5)6/h7H2,1-6H3. The van der Waals surface area contributed by atoms with Gasteiger partial charge in [-0.1, -0.05) is 11.6 Å². The van der Waals surface area contributed by atoms with Crippen LogP contribution in [0.25, 0.3) is 0 Å². The van der Waals surface area contributed by atoms with Crippen molar-refractivity contribution < 1.29 is 4.74 Å². The van der Waals surface area contributed by atoms with E-state index < -0.39 is 0 Å². The van der Waals surface area contributed by atoms with E-state index in [-0.39, 0.29) is 5.54 Å². The van der Waals surface area contributed by atoms with Crippen LogP contribution in [0.2, 0.25) is 5.15 Å². The molecule has 1 aromatic rings. The van der Waals surface area contributed by atoms with Crippen LogP contribution in [0, 0.1) is 13.8 Å². The lowest BCUT2D eigenvalue weighted by molar-refractivity contribution is 0.110. The Kier molecular flexibility index (Phi) is 4.33. The van der Waals surface area contributed by atoms with Crippen molar-refractivity contribution in [1.29, 1.82) is 0 Å². The van der Waals surface area contributed by atoms with Gasteiger partial charge in [-0.15, -0.1) is 0 Å². The summed E-state index contributed by atoms with van der Waals surface area (Å²) in [7, 11) is 4.04. The Morgan fingerprint density at radius 3 is 2.35 bits per heavy atom. The second-order valence-electron chi connectivity index (χ2n) is 4.99. The Morgan fingerprint density at radius 1 is 1.24 bits per heavy atom. The Labute approximate surface area is 108 Å². The summed E-state index contributed by atoms with van der Waals surface area (Å²) in [4.78, 5) is 10.4. The van der Waals surface area contributed by atoms with E-state index >= 15 is 0 Å². The maximum atomic E-state index is 5.99. The number of aromatic nitrogens is 2. The lowest BCUT2D eigenvalue weighted by atomic mass is 10.1. The molecule has 5 heteroatoms. The molecule has 0 spiro atoms. The van der Waals surface area contributed by atoms with Crippen molar-refractivity contribution in [3.05, 3.63) is 16.5 Å². The predicted octanol–water partition coefficient (Wildman–Crippen LogP) is 2.47. The lowest BCUT2D eigenvalue weighted by Crippen LogP contribution is -2.43. The van der Waals surface area contributed by atoms with Crippen LogP contribution in [0.4, 0.5) is 0 Å². The monoisotopic (exact) mass is 257 g/mol. The van der Waals surface area contributed by atoms with Gasteiger partial charge in [-0.3, -0.25) is 0 Å². The maximum absolute atomic E-state index is 5.99. The number of halogens is 1. The third-order valence-electron chi connectivity index (χ3n) is 2.93. The molecule has 0 aliphatic rings. The average molecular weight is 258 g/mol. The minimum atomic E-state index is -0.0578. The van der Waals surface area contributed by atoms with Crippen LogP contribution in [0.1, 0.15) is 25.2 Å². The highest BCUT2D eigenvalue weighted by Gasteiger charge is 2.22. The number of hydrogen-bond acceptors (Lipinski definition) is 4. The predicted molar refractivity (Wildman–Crippen MR) is 69.8 cm³/mol. The van der Waals surface area contributed by atoms with Crippen LogP contribution >= 0.6 is 11.6 Å². The summed E-state index contributed by atoms with van der Waals surface area (Å²) in [6.45, 7) is 8.43. The summed E-state index contributed by atoms with van der Waals surface area (Å²) in [5, 5.41) is 0.454. The van der Waals surface area contributed by atoms with Crippen molar-refractivity contribution in [1.82, 2.24) is 14.9 Å². The zero-order valence-electron chi connectivity index (χ0n) is 11.3. The Morgan fingerprint density at radius 2 is 1.82 bits per heavy atom. The van der Waals surface area contributed by atoms with Gasteiger partial charge in [-0.25, -0.2) is 4.98 Å². The summed E-state index contributed by atoms with van der Waals surface area (Å²) in [5.74, 6) is 1.19. The molecule has 0 aromatic carbocycles. The minimum absolute atomic E-state index is 0.0578. The minimum Gasteiger partial charge on any atom is -0.475 e. The van der Waals surface area contributed by atoms with E-state index in [1.807, 2.05) is 21.0 Å². The molecule has 0 aliphatic heterocycles. The number of nitrogens with zero attached hydrogens (tertiary/aromatic N) is 3. The van der Waals surface area contributed by atoms with E-state index in [0.29, 0.717) is 23.5 Å². The topological polar surface area (TPSA) is 38.2 Å². The van der Waals surface area contributed by atoms with E-state index in [2.05, 4.69) is 28.7 Å². The molecule has 4 nitrogen and oxygen atoms in total. The Bertz CT molecular complexity index is 405. The van der Waals surface area contributed by atoms with Gasteiger partial charge in [0, 0.05) is 11.1 Å². The van der Waals surface area contributed by atoms with Crippen LogP contribution in [-0.2, 0) is 0 Å². The molecule has 17 heavy (non-hydrogen) atoms. The molecular formula is C12H20ClN3O. The van der Waals surface area contributed by atoms with E-state index in [1.165, 1.54) is 0 Å². The molecule has 0 atom stereocenters. The van der Waals surface area contributed by atoms with Gasteiger partial charge in [0.1, 0.15) is 17.6 Å². The Hall–Kier alpha value is -0.870. The number of ether oxygens (including phenoxy) is 1. The van der Waals surface area contributed by atoms with Crippen LogP contribution < -0.4 is 4.74 Å². The molecule has 0 radical (unpaired) electrons. The first-order chi connectivity index (χ1) is 7.74. The van der Waals surface area contributed by atoms with Crippen molar-refractivity contribution in [2.45, 2.75) is 33.2 Å². The quantitative estimate of drug-likeness (QED) is 0.777. The fourth-order valence-electron chi connectivity index (χ4n) is 1.08. The molecular weight excluding hydrogens is 238 g/mol. The average Bonchev–Trinajstić information content (AvgIpc) is 2.21. The maximum Gasteiger partial charge on any atom is 0.221 e. The van der Waals surface area contributed by atoms with Crippen LogP contribution in [-0.4, -0.2) is 41.1 Å². The van der Waals surface area contributed by atoms with Gasteiger partial charge >= 0.3 is 0 Å². The first-order valence-electron chi connectivity index (χ1n) is 5.55. The van der Waals surface area contributed by atoms with Crippen molar-refractivity contribution >= 4 is 11.6 Å². The van der Waals surface area contributed by atoms with E-state index in [4.69, 9.17) is 16.3 Å². The molecule has 0 aliphatic carbocycles. The van der Waals surface area contributed by atoms with Gasteiger partial charge in [0.15, 0.2) is 0 Å². The van der Waals surface area contributed by atoms with E-state index in [1.54, 1.807) is 6.92 Å². The van der Waals surface area contributed by atoms with Gasteiger partial charge < -0.3 is 9.64 Å². The molecule has 96 valence electrons.